The summed E-state index contributed by atoms with van der Waals surface area (Å²) in [6.07, 6.45) is -0.261. The highest BCUT2D eigenvalue weighted by Gasteiger charge is 2.42. The van der Waals surface area contributed by atoms with Crippen molar-refractivity contribution < 1.29 is 17.9 Å². The van der Waals surface area contributed by atoms with E-state index in [1.807, 2.05) is 18.2 Å². The molecule has 1 aliphatic heterocycles. The summed E-state index contributed by atoms with van der Waals surface area (Å²) in [5.74, 6) is 1.50. The van der Waals surface area contributed by atoms with E-state index in [1.165, 1.54) is 6.07 Å². The van der Waals surface area contributed by atoms with Crippen LogP contribution >= 0.6 is 24.0 Å². The average Bonchev–Trinajstić information content (AvgIpc) is 3.52. The number of nitrogens with zero attached hydrogens (tertiary/aromatic N) is 3. The number of ether oxygens (including phenoxy) is 1. The number of halogens is 4. The molecule has 2 aromatic rings. The maximum Gasteiger partial charge on any atom is 0.573 e. The molecule has 2 unspecified atom stereocenters. The average molecular weight is 561 g/mol. The van der Waals surface area contributed by atoms with Crippen LogP contribution in [-0.4, -0.2) is 49.5 Å². The Labute approximate surface area is 202 Å². The number of pyridine rings is 1. The van der Waals surface area contributed by atoms with Crippen LogP contribution in [0.15, 0.2) is 53.7 Å². The lowest BCUT2D eigenvalue weighted by Crippen LogP contribution is -2.49. The van der Waals surface area contributed by atoms with Gasteiger partial charge in [0.05, 0.1) is 0 Å². The van der Waals surface area contributed by atoms with E-state index in [0.29, 0.717) is 11.5 Å². The van der Waals surface area contributed by atoms with Crippen molar-refractivity contribution in [1.82, 2.24) is 15.6 Å². The molecule has 10 heteroatoms. The van der Waals surface area contributed by atoms with Crippen LogP contribution in [0.5, 0.6) is 5.75 Å². The van der Waals surface area contributed by atoms with E-state index in [-0.39, 0.29) is 47.7 Å². The van der Waals surface area contributed by atoms with Crippen molar-refractivity contribution in [3.8, 4) is 5.75 Å². The number of piperidine rings is 1. The lowest BCUT2D eigenvalue weighted by atomic mass is 10.1. The molecule has 0 amide bonds. The molecule has 1 aromatic carbocycles. The number of aromatic nitrogens is 1. The second-order valence-corrected chi connectivity index (χ2v) is 7.84. The number of hydrogen-bond donors (Lipinski definition) is 2. The minimum Gasteiger partial charge on any atom is -0.405 e. The van der Waals surface area contributed by atoms with Gasteiger partial charge in [0.15, 0.2) is 5.96 Å². The van der Waals surface area contributed by atoms with Gasteiger partial charge in [0.2, 0.25) is 0 Å². The van der Waals surface area contributed by atoms with Crippen LogP contribution in [0, 0.1) is 0 Å². The number of aliphatic imine (C=N–C) groups is 1. The molecule has 2 heterocycles. The van der Waals surface area contributed by atoms with Crippen LogP contribution < -0.4 is 20.3 Å². The number of anilines is 1. The van der Waals surface area contributed by atoms with Crippen LogP contribution in [0.3, 0.4) is 0 Å². The first-order valence-electron chi connectivity index (χ1n) is 10.4. The molecular formula is C22H27F3IN5O. The lowest BCUT2D eigenvalue weighted by Gasteiger charge is -2.33. The molecule has 174 valence electrons. The number of nitrogens with one attached hydrogen (secondary N) is 2. The smallest absolute Gasteiger partial charge is 0.405 e. The van der Waals surface area contributed by atoms with Crippen molar-refractivity contribution in [2.24, 2.45) is 4.99 Å². The Morgan fingerprint density at radius 2 is 1.81 bits per heavy atom. The molecule has 2 N–H and O–H groups in total. The van der Waals surface area contributed by atoms with Crippen molar-refractivity contribution in [1.29, 1.82) is 0 Å². The molecule has 1 aromatic heterocycles. The molecule has 1 saturated heterocycles. The Kier molecular flexibility index (Phi) is 8.07. The summed E-state index contributed by atoms with van der Waals surface area (Å²) < 4.78 is 42.3. The molecular weight excluding hydrogens is 534 g/mol. The van der Waals surface area contributed by atoms with Crippen LogP contribution in [0.25, 0.3) is 0 Å². The highest BCUT2D eigenvalue weighted by atomic mass is 127. The summed E-state index contributed by atoms with van der Waals surface area (Å²) in [7, 11) is 1.70. The number of para-hydroxylation sites is 1. The molecule has 4 rings (SSSR count). The molecule has 2 fully saturated rings. The summed E-state index contributed by atoms with van der Waals surface area (Å²) in [4.78, 5) is 11.0. The van der Waals surface area contributed by atoms with Crippen LogP contribution in [0.4, 0.5) is 19.0 Å². The third kappa shape index (κ3) is 6.39. The third-order valence-electron chi connectivity index (χ3n) is 5.69. The normalized spacial score (nSPS) is 21.5. The molecule has 0 radical (unpaired) electrons. The monoisotopic (exact) mass is 561 g/mol. The number of rotatable bonds is 5. The third-order valence-corrected chi connectivity index (χ3v) is 5.69. The summed E-state index contributed by atoms with van der Waals surface area (Å²) in [6, 6.07) is 12.6. The van der Waals surface area contributed by atoms with Gasteiger partial charge in [-0.05, 0) is 43.0 Å². The number of hydrogen-bond acceptors (Lipinski definition) is 4. The van der Waals surface area contributed by atoms with E-state index in [1.54, 1.807) is 31.4 Å². The molecule has 6 nitrogen and oxygen atoms in total. The summed E-state index contributed by atoms with van der Waals surface area (Å²) >= 11 is 0. The number of benzene rings is 1. The second kappa shape index (κ2) is 10.6. The highest BCUT2D eigenvalue weighted by Crippen LogP contribution is 2.45. The van der Waals surface area contributed by atoms with Gasteiger partial charge in [0.1, 0.15) is 11.6 Å². The summed E-state index contributed by atoms with van der Waals surface area (Å²) in [5, 5.41) is 6.80. The van der Waals surface area contributed by atoms with Gasteiger partial charge in [-0.15, -0.1) is 37.1 Å². The van der Waals surface area contributed by atoms with E-state index in [2.05, 4.69) is 30.2 Å². The van der Waals surface area contributed by atoms with Gasteiger partial charge in [-0.3, -0.25) is 4.99 Å². The first-order chi connectivity index (χ1) is 14.9. The second-order valence-electron chi connectivity index (χ2n) is 7.84. The van der Waals surface area contributed by atoms with Gasteiger partial charge in [0, 0.05) is 44.3 Å². The Balaban J connectivity index is 0.00000289. The molecule has 0 bridgehead atoms. The number of alkyl halides is 3. The fourth-order valence-electron chi connectivity index (χ4n) is 4.04. The standard InChI is InChI=1S/C22H26F3N5O.HI/c1-26-21(28-15-9-12-30(13-10-15)20-8-4-5-11-27-20)29-18-14-17(18)16-6-2-3-7-19(16)31-22(23,24)25;/h2-8,11,15,17-18H,9-10,12-14H2,1H3,(H2,26,28,29);1H. The van der Waals surface area contributed by atoms with Crippen molar-refractivity contribution in [2.45, 2.75) is 43.6 Å². The van der Waals surface area contributed by atoms with E-state index >= 15 is 0 Å². The molecule has 32 heavy (non-hydrogen) atoms. The Hall–Kier alpha value is -2.24. The minimum atomic E-state index is -4.70. The lowest BCUT2D eigenvalue weighted by molar-refractivity contribution is -0.274. The van der Waals surface area contributed by atoms with Crippen LogP contribution in [0.2, 0.25) is 0 Å². The summed E-state index contributed by atoms with van der Waals surface area (Å²) in [6.45, 7) is 1.81. The SMILES string of the molecule is CN=C(NC1CCN(c2ccccn2)CC1)NC1CC1c1ccccc1OC(F)(F)F.I. The van der Waals surface area contributed by atoms with Crippen molar-refractivity contribution in [2.75, 3.05) is 25.0 Å². The van der Waals surface area contributed by atoms with Gasteiger partial charge in [-0.25, -0.2) is 4.98 Å². The zero-order valence-electron chi connectivity index (χ0n) is 17.7. The van der Waals surface area contributed by atoms with Gasteiger partial charge < -0.3 is 20.3 Å². The van der Waals surface area contributed by atoms with E-state index in [0.717, 1.165) is 38.2 Å². The molecule has 2 atom stereocenters. The molecule has 0 spiro atoms. The summed E-state index contributed by atoms with van der Waals surface area (Å²) in [5.41, 5.74) is 0.566. The maximum atomic E-state index is 12.7. The van der Waals surface area contributed by atoms with Gasteiger partial charge in [-0.1, -0.05) is 24.3 Å². The fraction of sp³-hybridized carbons (Fsp3) is 0.455. The Morgan fingerprint density at radius 1 is 1.09 bits per heavy atom. The molecule has 1 saturated carbocycles. The largest absolute Gasteiger partial charge is 0.573 e. The van der Waals surface area contributed by atoms with Crippen molar-refractivity contribution >= 4 is 35.8 Å². The number of guanidine groups is 1. The zero-order valence-corrected chi connectivity index (χ0v) is 20.0. The molecule has 2 aliphatic rings. The minimum absolute atomic E-state index is 0. The van der Waals surface area contributed by atoms with E-state index < -0.39 is 6.36 Å². The van der Waals surface area contributed by atoms with Crippen LogP contribution in [-0.2, 0) is 0 Å². The quantitative estimate of drug-likeness (QED) is 0.324. The van der Waals surface area contributed by atoms with Crippen molar-refractivity contribution in [3.63, 3.8) is 0 Å². The van der Waals surface area contributed by atoms with E-state index in [4.69, 9.17) is 0 Å². The van der Waals surface area contributed by atoms with Crippen LogP contribution in [0.1, 0.15) is 30.7 Å². The zero-order chi connectivity index (χ0) is 21.8. The maximum absolute atomic E-state index is 12.7. The highest BCUT2D eigenvalue weighted by molar-refractivity contribution is 14.0. The Morgan fingerprint density at radius 3 is 2.47 bits per heavy atom. The fourth-order valence-corrected chi connectivity index (χ4v) is 4.04. The first-order valence-corrected chi connectivity index (χ1v) is 10.4. The molecule has 1 aliphatic carbocycles. The first kappa shape index (κ1) is 24.4. The predicted molar refractivity (Wildman–Crippen MR) is 129 cm³/mol. The topological polar surface area (TPSA) is 61.8 Å². The Bertz CT molecular complexity index is 904. The van der Waals surface area contributed by atoms with Gasteiger partial charge >= 0.3 is 6.36 Å². The van der Waals surface area contributed by atoms with E-state index in [9.17, 15) is 13.2 Å². The van der Waals surface area contributed by atoms with Gasteiger partial charge in [0.25, 0.3) is 0 Å². The predicted octanol–water partition coefficient (Wildman–Crippen LogP) is 4.29. The van der Waals surface area contributed by atoms with Crippen molar-refractivity contribution in [3.05, 3.63) is 54.2 Å². The van der Waals surface area contributed by atoms with Gasteiger partial charge in [-0.2, -0.15) is 0 Å².